The molecule has 0 saturated carbocycles. The molecule has 1 fully saturated rings. The highest BCUT2D eigenvalue weighted by atomic mass is 16.5. The molecule has 1 aliphatic rings. The molecule has 2 aromatic rings. The van der Waals surface area contributed by atoms with E-state index in [1.165, 1.54) is 44.6 Å². The Bertz CT molecular complexity index is 875. The lowest BCUT2D eigenvalue weighted by Crippen LogP contribution is -2.29. The Morgan fingerprint density at radius 3 is 1.96 bits per heavy atom. The summed E-state index contributed by atoms with van der Waals surface area (Å²) in [6, 6.07) is 8.67. The molecule has 0 unspecified atom stereocenters. The largest absolute Gasteiger partial charge is 0.504 e. The van der Waals surface area contributed by atoms with Gasteiger partial charge in [0.05, 0.1) is 39.3 Å². The Morgan fingerprint density at radius 1 is 0.852 bits per heavy atom. The van der Waals surface area contributed by atoms with Crippen LogP contribution >= 0.6 is 0 Å². The molecule has 7 nitrogen and oxygen atoms in total. The maximum Gasteiger partial charge on any atom is 0.169 e. The zero-order valence-electron chi connectivity index (χ0n) is 15.0. The van der Waals surface area contributed by atoms with E-state index >= 15 is 0 Å². The first-order valence-corrected chi connectivity index (χ1v) is 8.36. The Labute approximate surface area is 156 Å². The molecule has 0 radical (unpaired) electrons. The van der Waals surface area contributed by atoms with E-state index in [2.05, 4.69) is 0 Å². The topological polar surface area (TPSA) is 102 Å². The van der Waals surface area contributed by atoms with Crippen LogP contribution in [0, 0.1) is 11.8 Å². The molecule has 2 aromatic carbocycles. The van der Waals surface area contributed by atoms with Crippen LogP contribution in [0.25, 0.3) is 0 Å². The van der Waals surface area contributed by atoms with E-state index in [-0.39, 0.29) is 53.3 Å². The first kappa shape index (κ1) is 18.7. The van der Waals surface area contributed by atoms with Gasteiger partial charge in [0.15, 0.2) is 34.6 Å². The van der Waals surface area contributed by atoms with Crippen molar-refractivity contribution in [3.8, 4) is 23.0 Å². The molecule has 1 aliphatic heterocycles. The third kappa shape index (κ3) is 3.59. The molecule has 0 spiro atoms. The molecule has 7 heteroatoms. The van der Waals surface area contributed by atoms with Gasteiger partial charge < -0.3 is 24.4 Å². The van der Waals surface area contributed by atoms with Crippen LogP contribution in [0.2, 0.25) is 0 Å². The summed E-state index contributed by atoms with van der Waals surface area (Å²) in [7, 11) is 2.81. The number of ether oxygens (including phenoxy) is 3. The number of hydrogen-bond donors (Lipinski definition) is 2. The summed E-state index contributed by atoms with van der Waals surface area (Å²) < 4.78 is 15.4. The Balaban J connectivity index is 1.85. The fourth-order valence-corrected chi connectivity index (χ4v) is 3.17. The van der Waals surface area contributed by atoms with Gasteiger partial charge in [0.1, 0.15) is 0 Å². The van der Waals surface area contributed by atoms with E-state index in [0.29, 0.717) is 5.56 Å². The maximum absolute atomic E-state index is 12.9. The quantitative estimate of drug-likeness (QED) is 0.751. The minimum absolute atomic E-state index is 0.0712. The first-order chi connectivity index (χ1) is 13.0. The SMILES string of the molecule is COc1ccc(C(=O)[C@H]2COC[C@@H]2C(=O)c2ccc(O)c(OC)c2)cc1O. The fraction of sp³-hybridized carbons (Fsp3) is 0.300. The van der Waals surface area contributed by atoms with Crippen molar-refractivity contribution in [2.24, 2.45) is 11.8 Å². The molecule has 1 heterocycles. The molecular weight excluding hydrogens is 352 g/mol. The number of ketones is 2. The predicted molar refractivity (Wildman–Crippen MR) is 95.8 cm³/mol. The van der Waals surface area contributed by atoms with E-state index in [1.807, 2.05) is 0 Å². The highest BCUT2D eigenvalue weighted by Crippen LogP contribution is 2.33. The van der Waals surface area contributed by atoms with Crippen LogP contribution in [0.4, 0.5) is 0 Å². The van der Waals surface area contributed by atoms with E-state index in [0.717, 1.165) is 0 Å². The molecule has 27 heavy (non-hydrogen) atoms. The maximum atomic E-state index is 12.9. The van der Waals surface area contributed by atoms with Crippen LogP contribution in [0.15, 0.2) is 36.4 Å². The van der Waals surface area contributed by atoms with Crippen LogP contribution in [0.5, 0.6) is 23.0 Å². The molecule has 0 aliphatic carbocycles. The van der Waals surface area contributed by atoms with Gasteiger partial charge >= 0.3 is 0 Å². The summed E-state index contributed by atoms with van der Waals surface area (Å²) in [6.07, 6.45) is 0. The molecule has 0 amide bonds. The second-order valence-corrected chi connectivity index (χ2v) is 6.25. The smallest absolute Gasteiger partial charge is 0.169 e. The lowest BCUT2D eigenvalue weighted by atomic mass is 9.83. The van der Waals surface area contributed by atoms with Gasteiger partial charge in [-0.25, -0.2) is 0 Å². The number of rotatable bonds is 6. The number of aromatic hydroxyl groups is 2. The van der Waals surface area contributed by atoms with Crippen molar-refractivity contribution in [2.45, 2.75) is 0 Å². The summed E-state index contributed by atoms with van der Waals surface area (Å²) in [5.74, 6) is -1.63. The van der Waals surface area contributed by atoms with Crippen LogP contribution in [-0.2, 0) is 4.74 Å². The lowest BCUT2D eigenvalue weighted by molar-refractivity contribution is 0.0808. The van der Waals surface area contributed by atoms with Crippen LogP contribution in [-0.4, -0.2) is 49.2 Å². The summed E-state index contributed by atoms with van der Waals surface area (Å²) in [5, 5.41) is 19.6. The number of phenols is 2. The van der Waals surface area contributed by atoms with Gasteiger partial charge in [-0.1, -0.05) is 0 Å². The molecular formula is C20H20O7. The van der Waals surface area contributed by atoms with Gasteiger partial charge in [-0.05, 0) is 36.4 Å². The molecule has 3 rings (SSSR count). The summed E-state index contributed by atoms with van der Waals surface area (Å²) in [6.45, 7) is 0.248. The monoisotopic (exact) mass is 372 g/mol. The Morgan fingerprint density at radius 2 is 1.41 bits per heavy atom. The van der Waals surface area contributed by atoms with Crippen LogP contribution in [0.3, 0.4) is 0 Å². The summed E-state index contributed by atoms with van der Waals surface area (Å²) in [5.41, 5.74) is 0.611. The number of benzene rings is 2. The van der Waals surface area contributed by atoms with Crippen molar-refractivity contribution in [1.82, 2.24) is 0 Å². The van der Waals surface area contributed by atoms with Gasteiger partial charge in [-0.2, -0.15) is 0 Å². The van der Waals surface area contributed by atoms with Crippen LogP contribution in [0.1, 0.15) is 20.7 Å². The van der Waals surface area contributed by atoms with Gasteiger partial charge in [0.25, 0.3) is 0 Å². The molecule has 2 N–H and O–H groups in total. The molecule has 2 atom stereocenters. The normalized spacial score (nSPS) is 18.9. The van der Waals surface area contributed by atoms with Crippen molar-refractivity contribution in [2.75, 3.05) is 27.4 Å². The fourth-order valence-electron chi connectivity index (χ4n) is 3.17. The second-order valence-electron chi connectivity index (χ2n) is 6.25. The average Bonchev–Trinajstić information content (AvgIpc) is 3.17. The van der Waals surface area contributed by atoms with E-state index in [1.54, 1.807) is 6.07 Å². The molecule has 1 saturated heterocycles. The molecule has 0 bridgehead atoms. The van der Waals surface area contributed by atoms with Crippen LogP contribution < -0.4 is 9.47 Å². The van der Waals surface area contributed by atoms with E-state index in [4.69, 9.17) is 14.2 Å². The van der Waals surface area contributed by atoms with Gasteiger partial charge in [-0.3, -0.25) is 9.59 Å². The van der Waals surface area contributed by atoms with Crippen molar-refractivity contribution < 1.29 is 34.0 Å². The standard InChI is InChI=1S/C20H20O7/c1-25-17-6-4-11(7-16(17)22)19(23)13-9-27-10-14(13)20(24)12-3-5-15(21)18(8-12)26-2/h3-8,13-14,21-22H,9-10H2,1-2H3/t13-,14-/m0/s1. The first-order valence-electron chi connectivity index (χ1n) is 8.36. The third-order valence-electron chi connectivity index (χ3n) is 4.68. The van der Waals surface area contributed by atoms with Crippen molar-refractivity contribution in [3.05, 3.63) is 47.5 Å². The highest BCUT2D eigenvalue weighted by Gasteiger charge is 2.39. The number of carbonyl (C=O) groups is 2. The zero-order valence-corrected chi connectivity index (χ0v) is 15.0. The van der Waals surface area contributed by atoms with E-state index < -0.39 is 11.8 Å². The summed E-state index contributed by atoms with van der Waals surface area (Å²) in [4.78, 5) is 25.8. The minimum atomic E-state index is -0.662. The van der Waals surface area contributed by atoms with Crippen molar-refractivity contribution in [3.63, 3.8) is 0 Å². The molecule has 142 valence electrons. The number of methoxy groups -OCH3 is 2. The lowest BCUT2D eigenvalue weighted by Gasteiger charge is -2.16. The number of carbonyl (C=O) groups excluding carboxylic acids is 2. The zero-order chi connectivity index (χ0) is 19.6. The number of Topliss-reactive ketones (excluding diaryl/α,β-unsaturated/α-hetero) is 2. The predicted octanol–water partition coefficient (Wildman–Crippen LogP) is 2.44. The van der Waals surface area contributed by atoms with Crippen molar-refractivity contribution in [1.29, 1.82) is 0 Å². The number of hydrogen-bond acceptors (Lipinski definition) is 7. The third-order valence-corrected chi connectivity index (χ3v) is 4.68. The van der Waals surface area contributed by atoms with Gasteiger partial charge in [0, 0.05) is 11.1 Å². The highest BCUT2D eigenvalue weighted by molar-refractivity contribution is 6.05. The molecule has 0 aromatic heterocycles. The number of phenolic OH excluding ortho intramolecular Hbond substituents is 2. The minimum Gasteiger partial charge on any atom is -0.504 e. The van der Waals surface area contributed by atoms with E-state index in [9.17, 15) is 19.8 Å². The van der Waals surface area contributed by atoms with Gasteiger partial charge in [-0.15, -0.1) is 0 Å². The van der Waals surface area contributed by atoms with Gasteiger partial charge in [0.2, 0.25) is 0 Å². The second kappa shape index (κ2) is 7.67. The van der Waals surface area contributed by atoms with Crippen molar-refractivity contribution >= 4 is 11.6 Å². The Kier molecular flexibility index (Phi) is 5.32. The summed E-state index contributed by atoms with van der Waals surface area (Å²) >= 11 is 0. The Hall–Kier alpha value is -3.06. The average molecular weight is 372 g/mol.